The van der Waals surface area contributed by atoms with E-state index in [-0.39, 0.29) is 5.82 Å². The molecular weight excluding hydrogens is 283 g/mol. The molecule has 2 rings (SSSR count). The van der Waals surface area contributed by atoms with Gasteiger partial charge in [0.1, 0.15) is 5.82 Å². The summed E-state index contributed by atoms with van der Waals surface area (Å²) in [5, 5.41) is 7.50. The van der Waals surface area contributed by atoms with Gasteiger partial charge >= 0.3 is 0 Å². The van der Waals surface area contributed by atoms with Crippen LogP contribution in [0.15, 0.2) is 29.4 Å². The standard InChI is InChI=1S/C16H23FN4O/c1-3-22-9-8-20-16(18-2)19-7-6-12-11-21-15-10-13(17)4-5-14(12)15/h4-5,10-11,21H,3,6-9H2,1-2H3,(H2,18,19,20). The fraction of sp³-hybridized carbons (Fsp3) is 0.438. The first kappa shape index (κ1) is 16.3. The van der Waals surface area contributed by atoms with Crippen LogP contribution < -0.4 is 10.6 Å². The summed E-state index contributed by atoms with van der Waals surface area (Å²) < 4.78 is 18.4. The van der Waals surface area contributed by atoms with E-state index in [4.69, 9.17) is 4.74 Å². The van der Waals surface area contributed by atoms with Gasteiger partial charge in [0.05, 0.1) is 6.61 Å². The first-order valence-electron chi connectivity index (χ1n) is 7.52. The molecule has 0 saturated heterocycles. The molecule has 0 atom stereocenters. The van der Waals surface area contributed by atoms with Gasteiger partial charge in [0.25, 0.3) is 0 Å². The summed E-state index contributed by atoms with van der Waals surface area (Å²) in [4.78, 5) is 7.26. The molecule has 5 nitrogen and oxygen atoms in total. The number of H-pyrrole nitrogens is 1. The third-order valence-corrected chi connectivity index (χ3v) is 3.38. The van der Waals surface area contributed by atoms with Crippen LogP contribution in [-0.2, 0) is 11.2 Å². The lowest BCUT2D eigenvalue weighted by Crippen LogP contribution is -2.39. The van der Waals surface area contributed by atoms with Crippen LogP contribution in [0.5, 0.6) is 0 Å². The zero-order valence-electron chi connectivity index (χ0n) is 13.1. The Labute approximate surface area is 130 Å². The Morgan fingerprint density at radius 1 is 1.32 bits per heavy atom. The molecule has 0 saturated carbocycles. The second-order valence-electron chi connectivity index (χ2n) is 4.88. The Bertz CT molecular complexity index is 624. The average Bonchev–Trinajstić information content (AvgIpc) is 2.92. The van der Waals surface area contributed by atoms with Crippen LogP contribution in [0, 0.1) is 5.82 Å². The number of hydrogen-bond acceptors (Lipinski definition) is 2. The zero-order chi connectivity index (χ0) is 15.8. The molecule has 0 spiro atoms. The first-order chi connectivity index (χ1) is 10.7. The molecule has 0 bridgehead atoms. The summed E-state index contributed by atoms with van der Waals surface area (Å²) in [6.45, 7) is 4.82. The Morgan fingerprint density at radius 3 is 2.91 bits per heavy atom. The molecule has 6 heteroatoms. The maximum absolute atomic E-state index is 13.2. The second kappa shape index (κ2) is 8.38. The Balaban J connectivity index is 1.81. The lowest BCUT2D eigenvalue weighted by atomic mass is 10.1. The molecule has 0 aliphatic heterocycles. The molecule has 1 heterocycles. The van der Waals surface area contributed by atoms with Crippen molar-refractivity contribution < 1.29 is 9.13 Å². The third kappa shape index (κ3) is 4.46. The maximum Gasteiger partial charge on any atom is 0.191 e. The van der Waals surface area contributed by atoms with Crippen molar-refractivity contribution in [3.05, 3.63) is 35.8 Å². The van der Waals surface area contributed by atoms with Gasteiger partial charge in [0.2, 0.25) is 0 Å². The summed E-state index contributed by atoms with van der Waals surface area (Å²) in [5.41, 5.74) is 1.99. The van der Waals surface area contributed by atoms with E-state index in [1.54, 1.807) is 7.05 Å². The largest absolute Gasteiger partial charge is 0.380 e. The summed E-state index contributed by atoms with van der Waals surface area (Å²) in [7, 11) is 1.74. The van der Waals surface area contributed by atoms with Gasteiger partial charge in [-0.2, -0.15) is 0 Å². The van der Waals surface area contributed by atoms with Crippen molar-refractivity contribution >= 4 is 16.9 Å². The molecule has 2 aromatic rings. The molecule has 0 aliphatic carbocycles. The van der Waals surface area contributed by atoms with E-state index in [0.717, 1.165) is 48.5 Å². The van der Waals surface area contributed by atoms with Crippen molar-refractivity contribution in [2.24, 2.45) is 4.99 Å². The van der Waals surface area contributed by atoms with E-state index in [1.165, 1.54) is 12.1 Å². The number of hydrogen-bond donors (Lipinski definition) is 3. The fourth-order valence-electron chi connectivity index (χ4n) is 2.29. The number of aromatic nitrogens is 1. The predicted molar refractivity (Wildman–Crippen MR) is 87.8 cm³/mol. The highest BCUT2D eigenvalue weighted by atomic mass is 19.1. The molecule has 3 N–H and O–H groups in total. The summed E-state index contributed by atoms with van der Waals surface area (Å²) in [5.74, 6) is 0.531. The van der Waals surface area contributed by atoms with Crippen molar-refractivity contribution in [2.75, 3.05) is 33.4 Å². The highest BCUT2D eigenvalue weighted by Crippen LogP contribution is 2.19. The van der Waals surface area contributed by atoms with Crippen LogP contribution in [-0.4, -0.2) is 44.3 Å². The number of fused-ring (bicyclic) bond motifs is 1. The van der Waals surface area contributed by atoms with Crippen LogP contribution in [0.25, 0.3) is 10.9 Å². The summed E-state index contributed by atoms with van der Waals surface area (Å²) in [6.07, 6.45) is 2.76. The van der Waals surface area contributed by atoms with Crippen molar-refractivity contribution in [1.82, 2.24) is 15.6 Å². The molecule has 0 amide bonds. The minimum atomic E-state index is -0.224. The predicted octanol–water partition coefficient (Wildman–Crippen LogP) is 2.05. The van der Waals surface area contributed by atoms with Gasteiger partial charge in [-0.3, -0.25) is 4.99 Å². The minimum absolute atomic E-state index is 0.224. The molecule has 1 aromatic carbocycles. The number of guanidine groups is 1. The van der Waals surface area contributed by atoms with E-state index in [0.29, 0.717) is 6.61 Å². The van der Waals surface area contributed by atoms with Crippen LogP contribution in [0.4, 0.5) is 4.39 Å². The van der Waals surface area contributed by atoms with Gasteiger partial charge in [-0.1, -0.05) is 0 Å². The van der Waals surface area contributed by atoms with Crippen LogP contribution in [0.1, 0.15) is 12.5 Å². The number of nitrogens with one attached hydrogen (secondary N) is 3. The average molecular weight is 306 g/mol. The van der Waals surface area contributed by atoms with E-state index in [1.807, 2.05) is 19.2 Å². The molecule has 0 aliphatic rings. The number of benzene rings is 1. The number of aliphatic imine (C=N–C) groups is 1. The third-order valence-electron chi connectivity index (χ3n) is 3.38. The number of rotatable bonds is 7. The van der Waals surface area contributed by atoms with Crippen LogP contribution >= 0.6 is 0 Å². The van der Waals surface area contributed by atoms with Gasteiger partial charge in [0, 0.05) is 43.8 Å². The van der Waals surface area contributed by atoms with Gasteiger partial charge in [-0.25, -0.2) is 4.39 Å². The lowest BCUT2D eigenvalue weighted by molar-refractivity contribution is 0.152. The molecule has 22 heavy (non-hydrogen) atoms. The fourth-order valence-corrected chi connectivity index (χ4v) is 2.29. The number of aromatic amines is 1. The van der Waals surface area contributed by atoms with E-state index in [9.17, 15) is 4.39 Å². The minimum Gasteiger partial charge on any atom is -0.380 e. The summed E-state index contributed by atoms with van der Waals surface area (Å²) >= 11 is 0. The normalized spacial score (nSPS) is 11.9. The highest BCUT2D eigenvalue weighted by molar-refractivity contribution is 5.83. The molecule has 0 unspecified atom stereocenters. The molecule has 0 radical (unpaired) electrons. The quantitative estimate of drug-likeness (QED) is 0.417. The Hall–Kier alpha value is -2.08. The SMILES string of the molecule is CCOCCNC(=NC)NCCc1c[nH]c2cc(F)ccc12. The van der Waals surface area contributed by atoms with E-state index < -0.39 is 0 Å². The molecular formula is C16H23FN4O. The van der Waals surface area contributed by atoms with Crippen molar-refractivity contribution in [3.8, 4) is 0 Å². The number of ether oxygens (including phenoxy) is 1. The molecule has 120 valence electrons. The monoisotopic (exact) mass is 306 g/mol. The van der Waals surface area contributed by atoms with Gasteiger partial charge in [0.15, 0.2) is 5.96 Å². The maximum atomic E-state index is 13.2. The highest BCUT2D eigenvalue weighted by Gasteiger charge is 2.05. The zero-order valence-corrected chi connectivity index (χ0v) is 13.1. The molecule has 1 aromatic heterocycles. The topological polar surface area (TPSA) is 61.4 Å². The van der Waals surface area contributed by atoms with Crippen molar-refractivity contribution in [2.45, 2.75) is 13.3 Å². The number of nitrogens with zero attached hydrogens (tertiary/aromatic N) is 1. The smallest absolute Gasteiger partial charge is 0.191 e. The van der Waals surface area contributed by atoms with Gasteiger partial charge in [-0.15, -0.1) is 0 Å². The van der Waals surface area contributed by atoms with E-state index in [2.05, 4.69) is 20.6 Å². The summed E-state index contributed by atoms with van der Waals surface area (Å²) in [6, 6.07) is 4.81. The van der Waals surface area contributed by atoms with Gasteiger partial charge < -0.3 is 20.4 Å². The van der Waals surface area contributed by atoms with Crippen LogP contribution in [0.2, 0.25) is 0 Å². The molecule has 0 fully saturated rings. The van der Waals surface area contributed by atoms with Crippen molar-refractivity contribution in [1.29, 1.82) is 0 Å². The van der Waals surface area contributed by atoms with Crippen molar-refractivity contribution in [3.63, 3.8) is 0 Å². The Kier molecular flexibility index (Phi) is 6.21. The second-order valence-corrected chi connectivity index (χ2v) is 4.88. The van der Waals surface area contributed by atoms with Gasteiger partial charge in [-0.05, 0) is 37.1 Å². The number of halogens is 1. The van der Waals surface area contributed by atoms with E-state index >= 15 is 0 Å². The van der Waals surface area contributed by atoms with Crippen LogP contribution in [0.3, 0.4) is 0 Å². The lowest BCUT2D eigenvalue weighted by Gasteiger charge is -2.11. The Morgan fingerprint density at radius 2 is 2.14 bits per heavy atom. The first-order valence-corrected chi connectivity index (χ1v) is 7.52.